The SMILES string of the molecule is [2H]C([2H])([2H])c1cnc(-c2cccc3c2oc2c(-c4ccccc4)cccc23)cc1-c1cc2c(cc1C([2H])([2H])[2H])[Si](C)(C)CC[Si]2(C)C. The summed E-state index contributed by atoms with van der Waals surface area (Å²) >= 11 is 0. The lowest BCUT2D eigenvalue weighted by Gasteiger charge is -2.40. The summed E-state index contributed by atoms with van der Waals surface area (Å²) in [6.07, 6.45) is 1.40. The normalized spacial score (nSPS) is 18.5. The summed E-state index contributed by atoms with van der Waals surface area (Å²) in [7, 11) is -3.77. The largest absolute Gasteiger partial charge is 0.455 e. The molecule has 2 aromatic heterocycles. The van der Waals surface area contributed by atoms with Gasteiger partial charge in [-0.05, 0) is 53.7 Å². The fraction of sp³-hybridized carbons (Fsp3) is 0.216. The first-order valence-corrected chi connectivity index (χ1v) is 20.7. The predicted molar refractivity (Wildman–Crippen MR) is 181 cm³/mol. The molecule has 0 saturated heterocycles. The molecule has 0 N–H and O–H groups in total. The van der Waals surface area contributed by atoms with E-state index >= 15 is 0 Å². The molecule has 6 aromatic rings. The van der Waals surface area contributed by atoms with Gasteiger partial charge in [0.1, 0.15) is 11.2 Å². The molecule has 7 rings (SSSR count). The van der Waals surface area contributed by atoms with Gasteiger partial charge < -0.3 is 4.42 Å². The fourth-order valence-electron chi connectivity index (χ4n) is 6.53. The van der Waals surface area contributed by atoms with Crippen LogP contribution < -0.4 is 10.4 Å². The van der Waals surface area contributed by atoms with Crippen molar-refractivity contribution in [2.45, 2.75) is 52.0 Å². The van der Waals surface area contributed by atoms with Gasteiger partial charge in [0.2, 0.25) is 0 Å². The van der Waals surface area contributed by atoms with E-state index in [2.05, 4.69) is 43.3 Å². The zero-order chi connectivity index (χ0) is 33.5. The van der Waals surface area contributed by atoms with E-state index in [0.717, 1.165) is 39.6 Å². The second-order valence-corrected chi connectivity index (χ2v) is 22.3. The Bertz CT molecular complexity index is 2180. The Balaban J connectivity index is 1.51. The number of para-hydroxylation sites is 2. The number of fused-ring (bicyclic) bond motifs is 4. The zero-order valence-electron chi connectivity index (χ0n) is 29.9. The van der Waals surface area contributed by atoms with Crippen molar-refractivity contribution in [3.05, 3.63) is 102 Å². The summed E-state index contributed by atoms with van der Waals surface area (Å²) in [5.74, 6) is 0. The first-order chi connectivity index (χ1) is 22.1. The minimum absolute atomic E-state index is 0.0432. The van der Waals surface area contributed by atoms with Crippen LogP contribution in [-0.2, 0) is 0 Å². The molecule has 0 spiro atoms. The Morgan fingerprint density at radius 2 is 1.24 bits per heavy atom. The molecule has 1 aliphatic rings. The number of hydrogen-bond donors (Lipinski definition) is 0. The minimum Gasteiger partial charge on any atom is -0.455 e. The van der Waals surface area contributed by atoms with Crippen LogP contribution in [0.5, 0.6) is 0 Å². The number of pyridine rings is 1. The van der Waals surface area contributed by atoms with Crippen LogP contribution in [0.2, 0.25) is 38.3 Å². The third-order valence-electron chi connectivity index (χ3n) is 9.07. The first kappa shape index (κ1) is 20.2. The van der Waals surface area contributed by atoms with Crippen molar-refractivity contribution in [1.29, 1.82) is 0 Å². The molecule has 41 heavy (non-hydrogen) atoms. The quantitative estimate of drug-likeness (QED) is 0.197. The van der Waals surface area contributed by atoms with E-state index in [4.69, 9.17) is 12.6 Å². The standard InChI is InChI=1S/C37H37NOSi2/c1-24-20-34-35(41(5,6)19-18-40(34,3)4)22-32(24)31-21-33(38-23-25(31)2)30-17-11-16-29-28-15-10-14-27(36(28)39-37(29)30)26-12-8-7-9-13-26/h7-17,20-23H,18-19H2,1-6H3/i1D3,2D3. The smallest absolute Gasteiger partial charge is 0.144 e. The van der Waals surface area contributed by atoms with Crippen molar-refractivity contribution in [2.75, 3.05) is 0 Å². The molecule has 4 aromatic carbocycles. The van der Waals surface area contributed by atoms with Crippen molar-refractivity contribution in [1.82, 2.24) is 4.98 Å². The summed E-state index contributed by atoms with van der Waals surface area (Å²) in [5, 5.41) is 4.36. The van der Waals surface area contributed by atoms with Gasteiger partial charge in [-0.25, -0.2) is 0 Å². The molecular weight excluding hydrogens is 531 g/mol. The fourth-order valence-corrected chi connectivity index (χ4v) is 16.8. The zero-order valence-corrected chi connectivity index (χ0v) is 25.9. The Kier molecular flexibility index (Phi) is 4.63. The van der Waals surface area contributed by atoms with Gasteiger partial charge in [0.05, 0.1) is 21.8 Å². The number of hydrogen-bond acceptors (Lipinski definition) is 2. The van der Waals surface area contributed by atoms with Gasteiger partial charge in [-0.2, -0.15) is 0 Å². The number of furan rings is 1. The number of benzene rings is 4. The van der Waals surface area contributed by atoms with Crippen LogP contribution in [0.1, 0.15) is 19.4 Å². The second-order valence-electron chi connectivity index (χ2n) is 12.7. The van der Waals surface area contributed by atoms with Gasteiger partial charge in [0, 0.05) is 36.3 Å². The Morgan fingerprint density at radius 3 is 1.93 bits per heavy atom. The lowest BCUT2D eigenvalue weighted by atomic mass is 9.95. The molecule has 0 saturated carbocycles. The summed E-state index contributed by atoms with van der Waals surface area (Å²) in [4.78, 5) is 4.69. The Morgan fingerprint density at radius 1 is 0.634 bits per heavy atom. The van der Waals surface area contributed by atoms with Crippen molar-refractivity contribution in [3.8, 4) is 33.5 Å². The predicted octanol–water partition coefficient (Wildman–Crippen LogP) is 9.44. The molecule has 0 aliphatic carbocycles. The van der Waals surface area contributed by atoms with Gasteiger partial charge in [-0.3, -0.25) is 4.98 Å². The highest BCUT2D eigenvalue weighted by atomic mass is 28.3. The van der Waals surface area contributed by atoms with Crippen LogP contribution in [0.25, 0.3) is 55.4 Å². The molecule has 4 heteroatoms. The lowest BCUT2D eigenvalue weighted by molar-refractivity contribution is 0.671. The molecule has 1 aliphatic heterocycles. The topological polar surface area (TPSA) is 26.0 Å². The minimum atomic E-state index is -2.50. The van der Waals surface area contributed by atoms with Gasteiger partial charge in [-0.1, -0.05) is 121 Å². The second kappa shape index (κ2) is 9.40. The van der Waals surface area contributed by atoms with E-state index in [0.29, 0.717) is 28.0 Å². The lowest BCUT2D eigenvalue weighted by Crippen LogP contribution is -2.63. The van der Waals surface area contributed by atoms with Crippen LogP contribution >= 0.6 is 0 Å². The molecule has 3 heterocycles. The molecule has 0 unspecified atom stereocenters. The third-order valence-corrected chi connectivity index (χ3v) is 16.6. The van der Waals surface area contributed by atoms with E-state index < -0.39 is 29.9 Å². The van der Waals surface area contributed by atoms with E-state index in [-0.39, 0.29) is 11.1 Å². The van der Waals surface area contributed by atoms with E-state index in [9.17, 15) is 0 Å². The van der Waals surface area contributed by atoms with Crippen molar-refractivity contribution < 1.29 is 12.6 Å². The highest BCUT2D eigenvalue weighted by Crippen LogP contribution is 2.40. The molecular formula is C37H37NOSi2. The van der Waals surface area contributed by atoms with E-state index in [1.165, 1.54) is 16.6 Å². The Labute approximate surface area is 253 Å². The van der Waals surface area contributed by atoms with Crippen molar-refractivity contribution >= 4 is 48.5 Å². The summed E-state index contributed by atoms with van der Waals surface area (Å²) in [5.41, 5.74) is 5.78. The maximum Gasteiger partial charge on any atom is 0.144 e. The van der Waals surface area contributed by atoms with Crippen LogP contribution in [-0.4, -0.2) is 21.1 Å². The van der Waals surface area contributed by atoms with Gasteiger partial charge in [0.25, 0.3) is 0 Å². The number of nitrogens with zero attached hydrogens (tertiary/aromatic N) is 1. The first-order valence-electron chi connectivity index (χ1n) is 17.3. The van der Waals surface area contributed by atoms with Crippen molar-refractivity contribution in [2.24, 2.45) is 0 Å². The van der Waals surface area contributed by atoms with Crippen LogP contribution in [0, 0.1) is 13.7 Å². The highest BCUT2D eigenvalue weighted by molar-refractivity contribution is 7.03. The summed E-state index contributed by atoms with van der Waals surface area (Å²) in [6, 6.07) is 30.1. The maximum atomic E-state index is 8.60. The third kappa shape index (κ3) is 4.24. The van der Waals surface area contributed by atoms with Crippen LogP contribution in [0.3, 0.4) is 0 Å². The number of aryl methyl sites for hydroxylation is 2. The van der Waals surface area contributed by atoms with Gasteiger partial charge >= 0.3 is 0 Å². The summed E-state index contributed by atoms with van der Waals surface area (Å²) in [6.45, 7) is 4.37. The van der Waals surface area contributed by atoms with Crippen LogP contribution in [0.15, 0.2) is 95.5 Å². The van der Waals surface area contributed by atoms with Crippen LogP contribution in [0.4, 0.5) is 0 Å². The molecule has 0 bridgehead atoms. The van der Waals surface area contributed by atoms with E-state index in [1.807, 2.05) is 66.7 Å². The van der Waals surface area contributed by atoms with Gasteiger partial charge in [-0.15, -0.1) is 0 Å². The average molecular weight is 574 g/mol. The molecule has 2 nitrogen and oxygen atoms in total. The number of rotatable bonds is 3. The molecule has 204 valence electrons. The molecule has 0 amide bonds. The van der Waals surface area contributed by atoms with E-state index in [1.54, 1.807) is 6.07 Å². The van der Waals surface area contributed by atoms with Crippen molar-refractivity contribution in [3.63, 3.8) is 0 Å². The summed E-state index contributed by atoms with van der Waals surface area (Å²) < 4.78 is 57.8. The number of aromatic nitrogens is 1. The maximum absolute atomic E-state index is 8.60. The van der Waals surface area contributed by atoms with Gasteiger partial charge in [0.15, 0.2) is 0 Å². The monoisotopic (exact) mass is 573 g/mol. The average Bonchev–Trinajstić information content (AvgIpc) is 3.41. The Hall–Kier alpha value is -3.74. The molecule has 0 fully saturated rings. The molecule has 0 radical (unpaired) electrons. The molecule has 0 atom stereocenters. The highest BCUT2D eigenvalue weighted by Gasteiger charge is 2.40.